The highest BCUT2D eigenvalue weighted by Gasteiger charge is 2.09. The number of hydrazine groups is 1. The van der Waals surface area contributed by atoms with Crippen LogP contribution in [-0.4, -0.2) is 16.8 Å². The summed E-state index contributed by atoms with van der Waals surface area (Å²) in [5, 5.41) is 0. The highest BCUT2D eigenvalue weighted by atomic mass is 32.2. The number of nitrogens with one attached hydrogen (secondary N) is 1. The lowest BCUT2D eigenvalue weighted by atomic mass is 10.1. The minimum Gasteiger partial charge on any atom is -0.271 e. The predicted molar refractivity (Wildman–Crippen MR) is 81.0 cm³/mol. The van der Waals surface area contributed by atoms with E-state index >= 15 is 0 Å². The van der Waals surface area contributed by atoms with Gasteiger partial charge >= 0.3 is 0 Å². The van der Waals surface area contributed by atoms with Gasteiger partial charge in [0.05, 0.1) is 0 Å². The van der Waals surface area contributed by atoms with Crippen LogP contribution in [0.3, 0.4) is 0 Å². The maximum Gasteiger partial charge on any atom is 0.0344 e. The molecule has 1 aromatic carbocycles. The van der Waals surface area contributed by atoms with Crippen LogP contribution in [0, 0.1) is 6.92 Å². The maximum atomic E-state index is 5.64. The molecule has 0 fully saturated rings. The van der Waals surface area contributed by atoms with Crippen molar-refractivity contribution in [3.63, 3.8) is 0 Å². The molecule has 100 valence electrons. The smallest absolute Gasteiger partial charge is 0.0344 e. The van der Waals surface area contributed by atoms with Gasteiger partial charge in [0, 0.05) is 29.1 Å². The molecule has 1 atom stereocenters. The van der Waals surface area contributed by atoms with E-state index in [4.69, 9.17) is 5.84 Å². The van der Waals surface area contributed by atoms with Gasteiger partial charge in [0.25, 0.3) is 0 Å². The molecule has 0 amide bonds. The molecule has 0 saturated heterocycles. The van der Waals surface area contributed by atoms with E-state index in [9.17, 15) is 0 Å². The fourth-order valence-electron chi connectivity index (χ4n) is 1.88. The number of pyridine rings is 1. The van der Waals surface area contributed by atoms with Gasteiger partial charge in [-0.3, -0.25) is 16.3 Å². The lowest BCUT2D eigenvalue weighted by Gasteiger charge is -2.16. The largest absolute Gasteiger partial charge is 0.271 e. The van der Waals surface area contributed by atoms with Crippen molar-refractivity contribution in [1.82, 2.24) is 10.4 Å². The van der Waals surface area contributed by atoms with Crippen LogP contribution < -0.4 is 11.3 Å². The van der Waals surface area contributed by atoms with Crippen LogP contribution in [0.1, 0.15) is 11.1 Å². The first-order chi connectivity index (χ1) is 9.29. The van der Waals surface area contributed by atoms with E-state index in [1.54, 1.807) is 0 Å². The molecule has 1 unspecified atom stereocenters. The Morgan fingerprint density at radius 2 is 1.95 bits per heavy atom. The number of benzene rings is 1. The van der Waals surface area contributed by atoms with E-state index in [1.165, 1.54) is 16.0 Å². The van der Waals surface area contributed by atoms with Crippen molar-refractivity contribution >= 4 is 11.8 Å². The third kappa shape index (κ3) is 4.35. The van der Waals surface area contributed by atoms with E-state index < -0.39 is 0 Å². The lowest BCUT2D eigenvalue weighted by Crippen LogP contribution is -2.38. The molecule has 0 bridgehead atoms. The predicted octanol–water partition coefficient (Wildman–Crippen LogP) is 2.56. The average molecular weight is 273 g/mol. The Hall–Kier alpha value is -1.36. The summed E-state index contributed by atoms with van der Waals surface area (Å²) in [6, 6.07) is 12.7. The Labute approximate surface area is 118 Å². The van der Waals surface area contributed by atoms with Crippen LogP contribution in [0.2, 0.25) is 0 Å². The Bertz CT molecular complexity index is 502. The zero-order valence-electron chi connectivity index (χ0n) is 11.0. The van der Waals surface area contributed by atoms with Gasteiger partial charge in [-0.05, 0) is 42.7 Å². The number of hydrogen-bond acceptors (Lipinski definition) is 4. The summed E-state index contributed by atoms with van der Waals surface area (Å²) >= 11 is 1.84. The van der Waals surface area contributed by atoms with Crippen molar-refractivity contribution in [2.24, 2.45) is 5.84 Å². The number of thioether (sulfide) groups is 1. The van der Waals surface area contributed by atoms with Gasteiger partial charge in [0.2, 0.25) is 0 Å². The van der Waals surface area contributed by atoms with Crippen LogP contribution in [0.5, 0.6) is 0 Å². The van der Waals surface area contributed by atoms with Crippen LogP contribution in [-0.2, 0) is 6.42 Å². The van der Waals surface area contributed by atoms with Crippen LogP contribution >= 0.6 is 11.8 Å². The van der Waals surface area contributed by atoms with Crippen molar-refractivity contribution in [1.29, 1.82) is 0 Å². The monoisotopic (exact) mass is 273 g/mol. The summed E-state index contributed by atoms with van der Waals surface area (Å²) in [6.07, 6.45) is 4.55. The minimum absolute atomic E-state index is 0.256. The number of nitrogens with zero attached hydrogens (tertiary/aromatic N) is 1. The SMILES string of the molecule is Cc1ccccc1SCC(Cc1ccncc1)NN. The Kier molecular flexibility index (Phi) is 5.39. The fraction of sp³-hybridized carbons (Fsp3) is 0.267. The molecule has 0 saturated carbocycles. The first kappa shape index (κ1) is 14.1. The number of rotatable bonds is 6. The van der Waals surface area contributed by atoms with Gasteiger partial charge in [-0.2, -0.15) is 0 Å². The topological polar surface area (TPSA) is 50.9 Å². The first-order valence-corrected chi connectivity index (χ1v) is 7.31. The Morgan fingerprint density at radius 1 is 1.21 bits per heavy atom. The molecule has 1 aromatic heterocycles. The van der Waals surface area contributed by atoms with Crippen molar-refractivity contribution in [2.75, 3.05) is 5.75 Å². The third-order valence-electron chi connectivity index (χ3n) is 3.00. The Morgan fingerprint density at radius 3 is 2.63 bits per heavy atom. The zero-order valence-corrected chi connectivity index (χ0v) is 11.9. The second-order valence-corrected chi connectivity index (χ2v) is 5.56. The van der Waals surface area contributed by atoms with Crippen LogP contribution in [0.25, 0.3) is 0 Å². The molecular weight excluding hydrogens is 254 g/mol. The van der Waals surface area contributed by atoms with E-state index in [0.29, 0.717) is 0 Å². The zero-order chi connectivity index (χ0) is 13.5. The molecule has 0 radical (unpaired) electrons. The van der Waals surface area contributed by atoms with E-state index in [2.05, 4.69) is 41.6 Å². The molecule has 0 aliphatic heterocycles. The number of nitrogens with two attached hydrogens (primary N) is 1. The van der Waals surface area contributed by atoms with Gasteiger partial charge in [0.1, 0.15) is 0 Å². The molecule has 0 aliphatic rings. The van der Waals surface area contributed by atoms with Crippen LogP contribution in [0.15, 0.2) is 53.7 Å². The third-order valence-corrected chi connectivity index (χ3v) is 4.34. The number of hydrogen-bond donors (Lipinski definition) is 2. The van der Waals surface area contributed by atoms with Gasteiger partial charge in [0.15, 0.2) is 0 Å². The molecule has 19 heavy (non-hydrogen) atoms. The summed E-state index contributed by atoms with van der Waals surface area (Å²) in [5.74, 6) is 6.59. The number of aromatic nitrogens is 1. The van der Waals surface area contributed by atoms with Gasteiger partial charge < -0.3 is 0 Å². The molecule has 1 heterocycles. The van der Waals surface area contributed by atoms with Crippen molar-refractivity contribution in [3.8, 4) is 0 Å². The molecule has 3 N–H and O–H groups in total. The van der Waals surface area contributed by atoms with Crippen molar-refractivity contribution < 1.29 is 0 Å². The molecule has 0 aliphatic carbocycles. The van der Waals surface area contributed by atoms with Gasteiger partial charge in [-0.15, -0.1) is 11.8 Å². The molecule has 2 rings (SSSR count). The van der Waals surface area contributed by atoms with Crippen molar-refractivity contribution in [2.45, 2.75) is 24.3 Å². The quantitative estimate of drug-likeness (QED) is 0.482. The summed E-state index contributed by atoms with van der Waals surface area (Å²) in [5.41, 5.74) is 5.46. The molecule has 0 spiro atoms. The standard InChI is InChI=1S/C15H19N3S/c1-12-4-2-3-5-15(12)19-11-14(18-16)10-13-6-8-17-9-7-13/h2-9,14,18H,10-11,16H2,1H3. The highest BCUT2D eigenvalue weighted by molar-refractivity contribution is 7.99. The summed E-state index contributed by atoms with van der Waals surface area (Å²) in [6.45, 7) is 2.13. The molecule has 4 heteroatoms. The second kappa shape index (κ2) is 7.28. The Balaban J connectivity index is 1.91. The van der Waals surface area contributed by atoms with Gasteiger partial charge in [-0.1, -0.05) is 18.2 Å². The normalized spacial score (nSPS) is 12.3. The maximum absolute atomic E-state index is 5.64. The first-order valence-electron chi connectivity index (χ1n) is 6.33. The minimum atomic E-state index is 0.256. The summed E-state index contributed by atoms with van der Waals surface area (Å²) in [4.78, 5) is 5.34. The average Bonchev–Trinajstić information content (AvgIpc) is 2.46. The van der Waals surface area contributed by atoms with Crippen LogP contribution in [0.4, 0.5) is 0 Å². The van der Waals surface area contributed by atoms with E-state index in [1.807, 2.05) is 36.3 Å². The molecule has 2 aromatic rings. The molecule has 3 nitrogen and oxygen atoms in total. The van der Waals surface area contributed by atoms with Crippen molar-refractivity contribution in [3.05, 3.63) is 59.9 Å². The van der Waals surface area contributed by atoms with E-state index in [-0.39, 0.29) is 6.04 Å². The summed E-state index contributed by atoms with van der Waals surface area (Å²) < 4.78 is 0. The second-order valence-electron chi connectivity index (χ2n) is 4.50. The number of aryl methyl sites for hydroxylation is 1. The van der Waals surface area contributed by atoms with E-state index in [0.717, 1.165) is 12.2 Å². The highest BCUT2D eigenvalue weighted by Crippen LogP contribution is 2.23. The van der Waals surface area contributed by atoms with Gasteiger partial charge in [-0.25, -0.2) is 0 Å². The lowest BCUT2D eigenvalue weighted by molar-refractivity contribution is 0.575. The molecular formula is C15H19N3S. The summed E-state index contributed by atoms with van der Waals surface area (Å²) in [7, 11) is 0. The fourth-order valence-corrected chi connectivity index (χ4v) is 2.94.